The van der Waals surface area contributed by atoms with E-state index in [1.54, 1.807) is 9.80 Å². The molecular formula is C12H23N3O3. The molecule has 0 saturated carbocycles. The molecular weight excluding hydrogens is 234 g/mol. The Balaban J connectivity index is 2.55. The second-order valence-corrected chi connectivity index (χ2v) is 5.57. The van der Waals surface area contributed by atoms with Crippen LogP contribution in [0.5, 0.6) is 0 Å². The Morgan fingerprint density at radius 1 is 1.33 bits per heavy atom. The SMILES string of the molecule is CC1CN(C(=O)OC(C)(C)C)CCN1C(=O)CN. The summed E-state index contributed by atoms with van der Waals surface area (Å²) in [6, 6.07) is -0.0256. The first-order chi connectivity index (χ1) is 8.24. The van der Waals surface area contributed by atoms with Crippen LogP contribution in [0.3, 0.4) is 0 Å². The van der Waals surface area contributed by atoms with Crippen molar-refractivity contribution in [2.45, 2.75) is 39.3 Å². The van der Waals surface area contributed by atoms with Crippen LogP contribution in [0.15, 0.2) is 0 Å². The summed E-state index contributed by atoms with van der Waals surface area (Å²) in [5, 5.41) is 0. The van der Waals surface area contributed by atoms with Crippen LogP contribution in [0.4, 0.5) is 4.79 Å². The van der Waals surface area contributed by atoms with Gasteiger partial charge in [0.05, 0.1) is 6.54 Å². The van der Waals surface area contributed by atoms with Gasteiger partial charge in [0.2, 0.25) is 5.91 Å². The molecule has 104 valence electrons. The lowest BCUT2D eigenvalue weighted by atomic mass is 10.2. The molecule has 0 radical (unpaired) electrons. The van der Waals surface area contributed by atoms with Crippen LogP contribution in [0, 0.1) is 0 Å². The first-order valence-corrected chi connectivity index (χ1v) is 6.22. The van der Waals surface area contributed by atoms with Crippen molar-refractivity contribution in [2.24, 2.45) is 5.73 Å². The third-order valence-corrected chi connectivity index (χ3v) is 2.77. The summed E-state index contributed by atoms with van der Waals surface area (Å²) in [7, 11) is 0. The summed E-state index contributed by atoms with van der Waals surface area (Å²) in [5.74, 6) is -0.0775. The molecule has 0 aliphatic carbocycles. The highest BCUT2D eigenvalue weighted by Crippen LogP contribution is 2.14. The van der Waals surface area contributed by atoms with E-state index in [-0.39, 0.29) is 24.6 Å². The van der Waals surface area contributed by atoms with Gasteiger partial charge in [-0.3, -0.25) is 4.79 Å². The lowest BCUT2D eigenvalue weighted by Gasteiger charge is -2.40. The number of piperazine rings is 1. The molecule has 0 bridgehead atoms. The van der Waals surface area contributed by atoms with E-state index in [1.807, 2.05) is 27.7 Å². The Labute approximate surface area is 108 Å². The van der Waals surface area contributed by atoms with Gasteiger partial charge in [0.15, 0.2) is 0 Å². The molecule has 1 saturated heterocycles. The fourth-order valence-corrected chi connectivity index (χ4v) is 1.94. The Bertz CT molecular complexity index is 325. The van der Waals surface area contributed by atoms with Crippen molar-refractivity contribution in [3.8, 4) is 0 Å². The van der Waals surface area contributed by atoms with Crippen molar-refractivity contribution in [2.75, 3.05) is 26.2 Å². The smallest absolute Gasteiger partial charge is 0.410 e. The number of nitrogens with zero attached hydrogens (tertiary/aromatic N) is 2. The number of nitrogens with two attached hydrogens (primary N) is 1. The summed E-state index contributed by atoms with van der Waals surface area (Å²) in [6.07, 6.45) is -0.325. The third-order valence-electron chi connectivity index (χ3n) is 2.77. The predicted molar refractivity (Wildman–Crippen MR) is 68.0 cm³/mol. The van der Waals surface area contributed by atoms with E-state index in [0.29, 0.717) is 19.6 Å². The monoisotopic (exact) mass is 257 g/mol. The highest BCUT2D eigenvalue weighted by Gasteiger charge is 2.31. The van der Waals surface area contributed by atoms with E-state index < -0.39 is 5.60 Å². The molecule has 0 aromatic heterocycles. The van der Waals surface area contributed by atoms with Crippen LogP contribution in [-0.4, -0.2) is 59.6 Å². The first kappa shape index (κ1) is 14.8. The minimum Gasteiger partial charge on any atom is -0.444 e. The molecule has 1 heterocycles. The number of hydrogen-bond acceptors (Lipinski definition) is 4. The number of ether oxygens (including phenoxy) is 1. The number of rotatable bonds is 1. The zero-order valence-corrected chi connectivity index (χ0v) is 11.6. The molecule has 0 aromatic carbocycles. The number of amides is 2. The van der Waals surface area contributed by atoms with E-state index in [1.165, 1.54) is 0 Å². The summed E-state index contributed by atoms with van der Waals surface area (Å²) >= 11 is 0. The van der Waals surface area contributed by atoms with Crippen molar-refractivity contribution in [3.05, 3.63) is 0 Å². The van der Waals surface area contributed by atoms with Gasteiger partial charge in [-0.15, -0.1) is 0 Å². The van der Waals surface area contributed by atoms with Gasteiger partial charge in [0.25, 0.3) is 0 Å². The van der Waals surface area contributed by atoms with Crippen molar-refractivity contribution < 1.29 is 14.3 Å². The molecule has 1 aliphatic rings. The highest BCUT2D eigenvalue weighted by atomic mass is 16.6. The minimum atomic E-state index is -0.496. The molecule has 1 fully saturated rings. The lowest BCUT2D eigenvalue weighted by molar-refractivity contribution is -0.134. The van der Waals surface area contributed by atoms with Crippen LogP contribution in [0.25, 0.3) is 0 Å². The van der Waals surface area contributed by atoms with Gasteiger partial charge in [0, 0.05) is 25.7 Å². The lowest BCUT2D eigenvalue weighted by Crippen LogP contribution is -2.57. The first-order valence-electron chi connectivity index (χ1n) is 6.22. The van der Waals surface area contributed by atoms with Crippen LogP contribution in [-0.2, 0) is 9.53 Å². The quantitative estimate of drug-likeness (QED) is 0.738. The van der Waals surface area contributed by atoms with Gasteiger partial charge in [-0.1, -0.05) is 0 Å². The van der Waals surface area contributed by atoms with Crippen molar-refractivity contribution in [1.82, 2.24) is 9.80 Å². The van der Waals surface area contributed by atoms with Gasteiger partial charge < -0.3 is 20.3 Å². The normalized spacial score (nSPS) is 20.8. The molecule has 6 nitrogen and oxygen atoms in total. The standard InChI is InChI=1S/C12H23N3O3/c1-9-8-14(11(17)18-12(2,3)4)5-6-15(9)10(16)7-13/h9H,5-8,13H2,1-4H3. The molecule has 1 aliphatic heterocycles. The topological polar surface area (TPSA) is 75.9 Å². The molecule has 0 spiro atoms. The maximum atomic E-state index is 11.9. The second-order valence-electron chi connectivity index (χ2n) is 5.57. The summed E-state index contributed by atoms with van der Waals surface area (Å²) in [4.78, 5) is 26.8. The van der Waals surface area contributed by atoms with E-state index in [9.17, 15) is 9.59 Å². The van der Waals surface area contributed by atoms with E-state index in [0.717, 1.165) is 0 Å². The van der Waals surface area contributed by atoms with Crippen molar-refractivity contribution in [1.29, 1.82) is 0 Å². The Kier molecular flexibility index (Phi) is 4.56. The highest BCUT2D eigenvalue weighted by molar-refractivity contribution is 5.79. The maximum Gasteiger partial charge on any atom is 0.410 e. The zero-order chi connectivity index (χ0) is 13.9. The number of carbonyl (C=O) groups is 2. The molecule has 1 unspecified atom stereocenters. The van der Waals surface area contributed by atoms with Crippen molar-refractivity contribution in [3.63, 3.8) is 0 Å². The number of hydrogen-bond donors (Lipinski definition) is 1. The fraction of sp³-hybridized carbons (Fsp3) is 0.833. The fourth-order valence-electron chi connectivity index (χ4n) is 1.94. The van der Waals surface area contributed by atoms with Crippen LogP contribution >= 0.6 is 0 Å². The zero-order valence-electron chi connectivity index (χ0n) is 11.6. The Morgan fingerprint density at radius 3 is 2.39 bits per heavy atom. The van der Waals surface area contributed by atoms with E-state index in [4.69, 9.17) is 10.5 Å². The van der Waals surface area contributed by atoms with E-state index in [2.05, 4.69) is 0 Å². The molecule has 2 N–H and O–H groups in total. The average Bonchev–Trinajstić information content (AvgIpc) is 2.25. The Morgan fingerprint density at radius 2 is 1.94 bits per heavy atom. The van der Waals surface area contributed by atoms with Gasteiger partial charge in [-0.05, 0) is 27.7 Å². The molecule has 1 atom stereocenters. The van der Waals surface area contributed by atoms with Gasteiger partial charge in [-0.2, -0.15) is 0 Å². The molecule has 0 aromatic rings. The average molecular weight is 257 g/mol. The predicted octanol–water partition coefficient (Wildman–Crippen LogP) is 0.413. The molecule has 18 heavy (non-hydrogen) atoms. The molecule has 6 heteroatoms. The van der Waals surface area contributed by atoms with Crippen molar-refractivity contribution >= 4 is 12.0 Å². The minimum absolute atomic E-state index is 0.0107. The van der Waals surface area contributed by atoms with Gasteiger partial charge in [0.1, 0.15) is 5.60 Å². The van der Waals surface area contributed by atoms with Gasteiger partial charge in [-0.25, -0.2) is 4.79 Å². The van der Waals surface area contributed by atoms with Gasteiger partial charge >= 0.3 is 6.09 Å². The largest absolute Gasteiger partial charge is 0.444 e. The Hall–Kier alpha value is -1.30. The molecule has 2 amide bonds. The molecule has 1 rings (SSSR count). The summed E-state index contributed by atoms with van der Waals surface area (Å²) < 4.78 is 5.31. The summed E-state index contributed by atoms with van der Waals surface area (Å²) in [6.45, 7) is 8.91. The third kappa shape index (κ3) is 3.87. The van der Waals surface area contributed by atoms with Crippen LogP contribution < -0.4 is 5.73 Å². The number of carbonyl (C=O) groups excluding carboxylic acids is 2. The maximum absolute atomic E-state index is 11.9. The van der Waals surface area contributed by atoms with E-state index >= 15 is 0 Å². The van der Waals surface area contributed by atoms with Crippen LogP contribution in [0.1, 0.15) is 27.7 Å². The second kappa shape index (κ2) is 5.56. The van der Waals surface area contributed by atoms with Crippen LogP contribution in [0.2, 0.25) is 0 Å². The summed E-state index contributed by atoms with van der Waals surface area (Å²) in [5.41, 5.74) is 4.85.